The molecule has 8 nitrogen and oxygen atoms in total. The van der Waals surface area contributed by atoms with Crippen molar-refractivity contribution < 1.29 is 9.59 Å². The van der Waals surface area contributed by atoms with Crippen molar-refractivity contribution in [3.05, 3.63) is 74.3 Å². The summed E-state index contributed by atoms with van der Waals surface area (Å²) in [6, 6.07) is 12.2. The first kappa shape index (κ1) is 19.1. The molecule has 0 aliphatic carbocycles. The molecule has 0 aliphatic rings. The molecule has 2 amide bonds. The summed E-state index contributed by atoms with van der Waals surface area (Å²) in [5, 5.41) is 9.87. The van der Waals surface area contributed by atoms with Gasteiger partial charge in [0.1, 0.15) is 0 Å². The summed E-state index contributed by atoms with van der Waals surface area (Å²) in [6.45, 7) is 3.45. The first-order valence-electron chi connectivity index (χ1n) is 8.74. The Bertz CT molecular complexity index is 1160. The van der Waals surface area contributed by atoms with E-state index in [1.807, 2.05) is 31.2 Å². The Morgan fingerprint density at radius 2 is 1.75 bits per heavy atom. The molecular weight excluding hydrogens is 360 g/mol. The molecule has 4 N–H and O–H groups in total. The molecule has 0 spiro atoms. The Balaban J connectivity index is 1.69. The van der Waals surface area contributed by atoms with E-state index in [0.717, 1.165) is 11.1 Å². The van der Waals surface area contributed by atoms with Gasteiger partial charge in [-0.2, -0.15) is 0 Å². The van der Waals surface area contributed by atoms with Gasteiger partial charge in [0.15, 0.2) is 0 Å². The molecular formula is C20H20N4O4. The van der Waals surface area contributed by atoms with Crippen LogP contribution in [0, 0.1) is 6.92 Å². The van der Waals surface area contributed by atoms with Gasteiger partial charge in [0.05, 0.1) is 28.9 Å². The number of amides is 2. The number of fused-ring (bicyclic) bond motifs is 1. The second kappa shape index (κ2) is 7.91. The zero-order valence-electron chi connectivity index (χ0n) is 15.5. The van der Waals surface area contributed by atoms with Crippen LogP contribution < -0.4 is 21.8 Å². The van der Waals surface area contributed by atoms with Crippen LogP contribution in [-0.2, 0) is 9.59 Å². The highest BCUT2D eigenvalue weighted by molar-refractivity contribution is 6.03. The molecule has 0 saturated heterocycles. The lowest BCUT2D eigenvalue weighted by atomic mass is 9.99. The fourth-order valence-corrected chi connectivity index (χ4v) is 2.94. The Hall–Kier alpha value is -3.68. The number of H-pyrrole nitrogens is 2. The number of carbonyl (C=O) groups is 2. The molecule has 2 aromatic carbocycles. The van der Waals surface area contributed by atoms with Gasteiger partial charge < -0.3 is 10.6 Å². The number of anilines is 1. The Labute approximate surface area is 160 Å². The first-order chi connectivity index (χ1) is 13.4. The van der Waals surface area contributed by atoms with E-state index >= 15 is 0 Å². The predicted octanol–water partition coefficient (Wildman–Crippen LogP) is 1.38. The summed E-state index contributed by atoms with van der Waals surface area (Å²) in [7, 11) is 0. The number of hydrogen-bond donors (Lipinski definition) is 4. The minimum atomic E-state index is -0.525. The highest BCUT2D eigenvalue weighted by Gasteiger charge is 2.17. The predicted molar refractivity (Wildman–Crippen MR) is 106 cm³/mol. The van der Waals surface area contributed by atoms with Crippen molar-refractivity contribution in [2.24, 2.45) is 0 Å². The summed E-state index contributed by atoms with van der Waals surface area (Å²) in [4.78, 5) is 48.4. The molecule has 0 unspecified atom stereocenters. The molecule has 144 valence electrons. The lowest BCUT2D eigenvalue weighted by molar-refractivity contribution is -0.125. The first-order valence-corrected chi connectivity index (χ1v) is 8.74. The molecule has 0 radical (unpaired) electrons. The third kappa shape index (κ3) is 4.01. The van der Waals surface area contributed by atoms with Gasteiger partial charge >= 0.3 is 0 Å². The number of aromatic amines is 2. The number of rotatable bonds is 5. The second-order valence-electron chi connectivity index (χ2n) is 6.54. The maximum Gasteiger partial charge on any atom is 0.272 e. The summed E-state index contributed by atoms with van der Waals surface area (Å²) in [5.41, 5.74) is 1.12. The van der Waals surface area contributed by atoms with E-state index in [2.05, 4.69) is 20.8 Å². The summed E-state index contributed by atoms with van der Waals surface area (Å²) in [5.74, 6) is -1.20. The molecule has 0 aliphatic heterocycles. The van der Waals surface area contributed by atoms with E-state index in [9.17, 15) is 19.2 Å². The van der Waals surface area contributed by atoms with Gasteiger partial charge in [-0.15, -0.1) is 0 Å². The summed E-state index contributed by atoms with van der Waals surface area (Å²) < 4.78 is 0. The molecule has 0 bridgehead atoms. The maximum absolute atomic E-state index is 12.3. The van der Waals surface area contributed by atoms with Crippen molar-refractivity contribution in [1.29, 1.82) is 0 Å². The van der Waals surface area contributed by atoms with Crippen molar-refractivity contribution in [1.82, 2.24) is 15.5 Å². The Morgan fingerprint density at radius 3 is 2.50 bits per heavy atom. The largest absolute Gasteiger partial charge is 0.347 e. The maximum atomic E-state index is 12.3. The second-order valence-corrected chi connectivity index (χ2v) is 6.54. The van der Waals surface area contributed by atoms with E-state index in [0.29, 0.717) is 0 Å². The molecule has 1 aromatic heterocycles. The number of aromatic nitrogens is 2. The fraction of sp³-hybridized carbons (Fsp3) is 0.200. The Kier molecular flexibility index (Phi) is 5.39. The number of benzene rings is 2. The van der Waals surface area contributed by atoms with Gasteiger partial charge in [0.25, 0.3) is 11.1 Å². The van der Waals surface area contributed by atoms with Crippen LogP contribution in [0.1, 0.15) is 24.0 Å². The lowest BCUT2D eigenvalue weighted by Crippen LogP contribution is -2.35. The monoisotopic (exact) mass is 380 g/mol. The highest BCUT2D eigenvalue weighted by atomic mass is 16.2. The van der Waals surface area contributed by atoms with Gasteiger partial charge in [-0.25, -0.2) is 0 Å². The van der Waals surface area contributed by atoms with Crippen LogP contribution in [0.4, 0.5) is 5.69 Å². The number of hydrogen-bond acceptors (Lipinski definition) is 4. The average molecular weight is 380 g/mol. The van der Waals surface area contributed by atoms with E-state index in [-0.39, 0.29) is 28.9 Å². The number of carbonyl (C=O) groups excluding carboxylic acids is 2. The van der Waals surface area contributed by atoms with Gasteiger partial charge in [-0.1, -0.05) is 35.9 Å². The lowest BCUT2D eigenvalue weighted by Gasteiger charge is -2.13. The summed E-state index contributed by atoms with van der Waals surface area (Å²) >= 11 is 0. The molecule has 0 saturated carbocycles. The van der Waals surface area contributed by atoms with Crippen molar-refractivity contribution in [3.8, 4) is 0 Å². The quantitative estimate of drug-likeness (QED) is 0.534. The van der Waals surface area contributed by atoms with Crippen LogP contribution in [0.25, 0.3) is 10.8 Å². The van der Waals surface area contributed by atoms with Crippen molar-refractivity contribution in [2.45, 2.75) is 19.8 Å². The minimum Gasteiger partial charge on any atom is -0.347 e. The van der Waals surface area contributed by atoms with Gasteiger partial charge in [0, 0.05) is 0 Å². The molecule has 28 heavy (non-hydrogen) atoms. The number of nitrogens with one attached hydrogen (secondary N) is 4. The average Bonchev–Trinajstić information content (AvgIpc) is 2.68. The summed E-state index contributed by atoms with van der Waals surface area (Å²) in [6.07, 6.45) is 0. The van der Waals surface area contributed by atoms with Crippen molar-refractivity contribution in [2.75, 3.05) is 11.9 Å². The van der Waals surface area contributed by atoms with Gasteiger partial charge in [0.2, 0.25) is 11.8 Å². The van der Waals surface area contributed by atoms with Gasteiger partial charge in [-0.3, -0.25) is 29.4 Å². The fourth-order valence-electron chi connectivity index (χ4n) is 2.94. The highest BCUT2D eigenvalue weighted by Crippen LogP contribution is 2.17. The third-order valence-electron chi connectivity index (χ3n) is 4.46. The van der Waals surface area contributed by atoms with Crippen LogP contribution in [0.2, 0.25) is 0 Å². The Morgan fingerprint density at radius 1 is 1.04 bits per heavy atom. The zero-order chi connectivity index (χ0) is 20.3. The zero-order valence-corrected chi connectivity index (χ0v) is 15.5. The van der Waals surface area contributed by atoms with Crippen LogP contribution in [-0.4, -0.2) is 28.6 Å². The van der Waals surface area contributed by atoms with E-state index in [1.165, 1.54) is 12.1 Å². The van der Waals surface area contributed by atoms with Crippen molar-refractivity contribution >= 4 is 28.3 Å². The van der Waals surface area contributed by atoms with Crippen LogP contribution in [0.15, 0.2) is 52.1 Å². The molecule has 8 heteroatoms. The van der Waals surface area contributed by atoms with E-state index in [4.69, 9.17) is 0 Å². The molecule has 3 rings (SSSR count). The standard InChI is InChI=1S/C20H20N4O4/c1-11-5-3-6-13(9-11)12(2)18(26)21-10-16(25)22-15-8-4-7-14-17(15)20(28)24-23-19(14)27/h3-9,12H,10H2,1-2H3,(H,21,26)(H,22,25)(H,23,27)(H,24,28)/t12-/m1/s1. The molecule has 3 aromatic rings. The van der Waals surface area contributed by atoms with Crippen LogP contribution >= 0.6 is 0 Å². The third-order valence-corrected chi connectivity index (χ3v) is 4.46. The van der Waals surface area contributed by atoms with Gasteiger partial charge in [-0.05, 0) is 31.5 Å². The van der Waals surface area contributed by atoms with Crippen LogP contribution in [0.5, 0.6) is 0 Å². The topological polar surface area (TPSA) is 124 Å². The molecule has 0 fully saturated rings. The molecule has 1 heterocycles. The smallest absolute Gasteiger partial charge is 0.272 e. The normalized spacial score (nSPS) is 11.8. The van der Waals surface area contributed by atoms with Crippen molar-refractivity contribution in [3.63, 3.8) is 0 Å². The van der Waals surface area contributed by atoms with Crippen LogP contribution in [0.3, 0.4) is 0 Å². The molecule has 1 atom stereocenters. The number of aryl methyl sites for hydroxylation is 1. The van der Waals surface area contributed by atoms with E-state index < -0.39 is 22.9 Å². The minimum absolute atomic E-state index is 0.0825. The van der Waals surface area contributed by atoms with E-state index in [1.54, 1.807) is 13.0 Å². The SMILES string of the molecule is Cc1cccc([C@@H](C)C(=O)NCC(=O)Nc2cccc3c(=O)[nH][nH]c(=O)c23)c1.